The summed E-state index contributed by atoms with van der Waals surface area (Å²) in [6.07, 6.45) is 0.874. The molecule has 1 rings (SSSR count). The Morgan fingerprint density at radius 2 is 1.86 bits per heavy atom. The SMILES string of the molecule is CCOC(=O)CCCNC(=O)COc1ccc(C(C)C)cc1. The molecule has 0 fully saturated rings. The lowest BCUT2D eigenvalue weighted by Crippen LogP contribution is -2.30. The van der Waals surface area contributed by atoms with Crippen LogP contribution in [0.1, 0.15) is 45.1 Å². The molecule has 0 aliphatic carbocycles. The Labute approximate surface area is 132 Å². The first-order valence-corrected chi connectivity index (χ1v) is 7.68. The summed E-state index contributed by atoms with van der Waals surface area (Å²) < 4.78 is 10.2. The third kappa shape index (κ3) is 7.11. The Morgan fingerprint density at radius 1 is 1.18 bits per heavy atom. The zero-order valence-corrected chi connectivity index (χ0v) is 13.6. The summed E-state index contributed by atoms with van der Waals surface area (Å²) in [6.45, 7) is 6.81. The van der Waals surface area contributed by atoms with Crippen LogP contribution in [0.15, 0.2) is 24.3 Å². The number of nitrogens with one attached hydrogen (secondary N) is 1. The van der Waals surface area contributed by atoms with E-state index >= 15 is 0 Å². The standard InChI is InChI=1S/C17H25NO4/c1-4-21-17(20)6-5-11-18-16(19)12-22-15-9-7-14(8-10-15)13(2)3/h7-10,13H,4-6,11-12H2,1-3H3,(H,18,19). The van der Waals surface area contributed by atoms with E-state index in [0.717, 1.165) is 0 Å². The summed E-state index contributed by atoms with van der Waals surface area (Å²) in [7, 11) is 0. The highest BCUT2D eigenvalue weighted by molar-refractivity contribution is 5.77. The molecule has 0 spiro atoms. The highest BCUT2D eigenvalue weighted by Crippen LogP contribution is 2.18. The molecule has 0 bridgehead atoms. The first-order chi connectivity index (χ1) is 10.5. The normalized spacial score (nSPS) is 10.4. The minimum absolute atomic E-state index is 0.0273. The highest BCUT2D eigenvalue weighted by Gasteiger charge is 2.05. The summed E-state index contributed by atoms with van der Waals surface area (Å²) in [5.41, 5.74) is 1.23. The lowest BCUT2D eigenvalue weighted by molar-refractivity contribution is -0.143. The molecule has 0 unspecified atom stereocenters. The Morgan fingerprint density at radius 3 is 2.45 bits per heavy atom. The second-order valence-corrected chi connectivity index (χ2v) is 5.27. The van der Waals surface area contributed by atoms with Crippen LogP contribution in [0.5, 0.6) is 5.75 Å². The van der Waals surface area contributed by atoms with Crippen LogP contribution >= 0.6 is 0 Å². The molecule has 5 nitrogen and oxygen atoms in total. The lowest BCUT2D eigenvalue weighted by Gasteiger charge is -2.09. The Hall–Kier alpha value is -2.04. The van der Waals surface area contributed by atoms with Crippen molar-refractivity contribution in [1.29, 1.82) is 0 Å². The van der Waals surface area contributed by atoms with Gasteiger partial charge in [0.25, 0.3) is 5.91 Å². The topological polar surface area (TPSA) is 64.6 Å². The number of hydrogen-bond acceptors (Lipinski definition) is 4. The monoisotopic (exact) mass is 307 g/mol. The number of ether oxygens (including phenoxy) is 2. The number of esters is 1. The van der Waals surface area contributed by atoms with Crippen molar-refractivity contribution >= 4 is 11.9 Å². The summed E-state index contributed by atoms with van der Waals surface area (Å²) >= 11 is 0. The maximum atomic E-state index is 11.6. The maximum absolute atomic E-state index is 11.6. The van der Waals surface area contributed by atoms with E-state index in [2.05, 4.69) is 19.2 Å². The van der Waals surface area contributed by atoms with Crippen molar-refractivity contribution in [2.45, 2.75) is 39.5 Å². The third-order valence-corrected chi connectivity index (χ3v) is 3.10. The van der Waals surface area contributed by atoms with Gasteiger partial charge >= 0.3 is 5.97 Å². The zero-order valence-electron chi connectivity index (χ0n) is 13.6. The summed E-state index contributed by atoms with van der Waals surface area (Å²) in [5.74, 6) is 0.706. The first-order valence-electron chi connectivity index (χ1n) is 7.68. The van der Waals surface area contributed by atoms with E-state index in [1.165, 1.54) is 5.56 Å². The van der Waals surface area contributed by atoms with Crippen LogP contribution in [0.4, 0.5) is 0 Å². The van der Waals surface area contributed by atoms with Gasteiger partial charge in [0.1, 0.15) is 5.75 Å². The quantitative estimate of drug-likeness (QED) is 0.562. The third-order valence-electron chi connectivity index (χ3n) is 3.10. The van der Waals surface area contributed by atoms with E-state index in [-0.39, 0.29) is 18.5 Å². The molecule has 0 aliphatic heterocycles. The number of carbonyl (C=O) groups is 2. The van der Waals surface area contributed by atoms with Crippen molar-refractivity contribution < 1.29 is 19.1 Å². The van der Waals surface area contributed by atoms with Gasteiger partial charge in [-0.15, -0.1) is 0 Å². The molecule has 1 aromatic rings. The van der Waals surface area contributed by atoms with E-state index in [4.69, 9.17) is 9.47 Å². The second kappa shape index (κ2) is 9.82. The van der Waals surface area contributed by atoms with Crippen molar-refractivity contribution in [1.82, 2.24) is 5.32 Å². The number of carbonyl (C=O) groups excluding carboxylic acids is 2. The molecule has 1 aromatic carbocycles. The van der Waals surface area contributed by atoms with Crippen molar-refractivity contribution in [2.24, 2.45) is 0 Å². The zero-order chi connectivity index (χ0) is 16.4. The number of amides is 1. The molecular weight excluding hydrogens is 282 g/mol. The molecule has 0 saturated carbocycles. The molecule has 0 aromatic heterocycles. The molecule has 0 heterocycles. The van der Waals surface area contributed by atoms with Gasteiger partial charge < -0.3 is 14.8 Å². The molecule has 1 N–H and O–H groups in total. The van der Waals surface area contributed by atoms with Crippen LogP contribution in [0.25, 0.3) is 0 Å². The molecule has 0 saturated heterocycles. The Bertz CT molecular complexity index is 468. The van der Waals surface area contributed by atoms with Crippen molar-refractivity contribution in [3.63, 3.8) is 0 Å². The highest BCUT2D eigenvalue weighted by atomic mass is 16.5. The fourth-order valence-electron chi connectivity index (χ4n) is 1.84. The first kappa shape index (κ1) is 18.0. The molecule has 0 aliphatic rings. The van der Waals surface area contributed by atoms with Gasteiger partial charge in [-0.05, 0) is 37.0 Å². The smallest absolute Gasteiger partial charge is 0.305 e. The molecule has 122 valence electrons. The van der Waals surface area contributed by atoms with E-state index in [0.29, 0.717) is 37.7 Å². The number of benzene rings is 1. The van der Waals surface area contributed by atoms with Gasteiger partial charge in [-0.3, -0.25) is 9.59 Å². The number of hydrogen-bond donors (Lipinski definition) is 1. The summed E-state index contributed by atoms with van der Waals surface area (Å²) in [6, 6.07) is 7.72. The van der Waals surface area contributed by atoms with Gasteiger partial charge in [0.15, 0.2) is 6.61 Å². The Balaban J connectivity index is 2.19. The van der Waals surface area contributed by atoms with Crippen LogP contribution in [0.2, 0.25) is 0 Å². The molecule has 1 amide bonds. The maximum Gasteiger partial charge on any atom is 0.305 e. The molecule has 0 radical (unpaired) electrons. The summed E-state index contributed by atoms with van der Waals surface area (Å²) in [4.78, 5) is 22.7. The molecule has 0 atom stereocenters. The molecule has 5 heteroatoms. The molecule has 22 heavy (non-hydrogen) atoms. The van der Waals surface area contributed by atoms with Gasteiger partial charge in [-0.25, -0.2) is 0 Å². The minimum Gasteiger partial charge on any atom is -0.484 e. The van der Waals surface area contributed by atoms with Gasteiger partial charge in [0.05, 0.1) is 6.61 Å². The van der Waals surface area contributed by atoms with E-state index in [1.54, 1.807) is 6.92 Å². The van der Waals surface area contributed by atoms with Gasteiger partial charge in [0, 0.05) is 13.0 Å². The fourth-order valence-corrected chi connectivity index (χ4v) is 1.84. The predicted molar refractivity (Wildman–Crippen MR) is 84.9 cm³/mol. The summed E-state index contributed by atoms with van der Waals surface area (Å²) in [5, 5.41) is 2.71. The van der Waals surface area contributed by atoms with E-state index < -0.39 is 0 Å². The van der Waals surface area contributed by atoms with E-state index in [1.807, 2.05) is 24.3 Å². The Kier molecular flexibility index (Phi) is 8.04. The van der Waals surface area contributed by atoms with Gasteiger partial charge in [-0.2, -0.15) is 0 Å². The fraction of sp³-hybridized carbons (Fsp3) is 0.529. The van der Waals surface area contributed by atoms with Crippen molar-refractivity contribution in [2.75, 3.05) is 19.8 Å². The van der Waals surface area contributed by atoms with Crippen molar-refractivity contribution in [3.8, 4) is 5.75 Å². The predicted octanol–water partition coefficient (Wildman–Crippen LogP) is 2.65. The van der Waals surface area contributed by atoms with Crippen LogP contribution in [0.3, 0.4) is 0 Å². The van der Waals surface area contributed by atoms with Crippen LogP contribution < -0.4 is 10.1 Å². The second-order valence-electron chi connectivity index (χ2n) is 5.27. The largest absolute Gasteiger partial charge is 0.484 e. The molecular formula is C17H25NO4. The lowest BCUT2D eigenvalue weighted by atomic mass is 10.0. The van der Waals surface area contributed by atoms with Crippen LogP contribution in [-0.2, 0) is 14.3 Å². The average molecular weight is 307 g/mol. The van der Waals surface area contributed by atoms with Crippen LogP contribution in [0, 0.1) is 0 Å². The van der Waals surface area contributed by atoms with Crippen molar-refractivity contribution in [3.05, 3.63) is 29.8 Å². The minimum atomic E-state index is -0.238. The number of rotatable bonds is 9. The van der Waals surface area contributed by atoms with E-state index in [9.17, 15) is 9.59 Å². The van der Waals surface area contributed by atoms with Gasteiger partial charge in [-0.1, -0.05) is 26.0 Å². The van der Waals surface area contributed by atoms with Crippen LogP contribution in [-0.4, -0.2) is 31.6 Å². The van der Waals surface area contributed by atoms with Gasteiger partial charge in [0.2, 0.25) is 0 Å². The average Bonchev–Trinajstić information content (AvgIpc) is 2.50.